The van der Waals surface area contributed by atoms with Gasteiger partial charge in [0.2, 0.25) is 0 Å². The monoisotopic (exact) mass is 278 g/mol. The molecule has 0 aromatic heterocycles. The van der Waals surface area contributed by atoms with Crippen LogP contribution < -0.4 is 9.64 Å². The van der Waals surface area contributed by atoms with Crippen LogP contribution in [0.5, 0.6) is 5.75 Å². The lowest BCUT2D eigenvalue weighted by Crippen LogP contribution is -2.37. The normalized spacial score (nSPS) is 19.4. The van der Waals surface area contributed by atoms with Gasteiger partial charge in [-0.25, -0.2) is 4.79 Å². The number of anilines is 1. The third-order valence-corrected chi connectivity index (χ3v) is 4.28. The summed E-state index contributed by atoms with van der Waals surface area (Å²) in [5, 5.41) is 0. The molecule has 100 valence electrons. The first-order valence-corrected chi connectivity index (χ1v) is 6.89. The molecule has 1 atom stereocenters. The van der Waals surface area contributed by atoms with Gasteiger partial charge in [0, 0.05) is 23.4 Å². The predicted molar refractivity (Wildman–Crippen MR) is 73.1 cm³/mol. The van der Waals surface area contributed by atoms with E-state index >= 15 is 0 Å². The topological polar surface area (TPSA) is 42.0 Å². The molecule has 0 bridgehead atoms. The maximum atomic E-state index is 11.8. The number of rotatable bonds is 2. The average Bonchev–Trinajstić information content (AvgIpc) is 2.96. The molecule has 0 N–H and O–H groups in total. The van der Waals surface area contributed by atoms with Crippen LogP contribution in [0.15, 0.2) is 35.5 Å². The highest BCUT2D eigenvalue weighted by Gasteiger charge is 2.39. The summed E-state index contributed by atoms with van der Waals surface area (Å²) in [7, 11) is 1.64. The zero-order valence-corrected chi connectivity index (χ0v) is 11.5. The van der Waals surface area contributed by atoms with Gasteiger partial charge < -0.3 is 14.4 Å². The first kappa shape index (κ1) is 12.2. The largest absolute Gasteiger partial charge is 0.497 e. The summed E-state index contributed by atoms with van der Waals surface area (Å²) in [6.07, 6.45) is 3.32. The number of hydrogen-bond donors (Lipinski definition) is 0. The number of hydrogen-bond acceptors (Lipinski definition) is 5. The van der Waals surface area contributed by atoms with Gasteiger partial charge in [-0.3, -0.25) is 4.90 Å². The molecule has 0 radical (unpaired) electrons. The van der Waals surface area contributed by atoms with Crippen molar-refractivity contribution < 1.29 is 14.3 Å². The zero-order chi connectivity index (χ0) is 13.4. The van der Waals surface area contributed by atoms with Crippen molar-refractivity contribution >= 4 is 23.5 Å². The van der Waals surface area contributed by atoms with Crippen molar-refractivity contribution in [3.05, 3.63) is 30.6 Å². The van der Waals surface area contributed by atoms with Crippen molar-refractivity contribution in [1.82, 2.24) is 4.90 Å². The van der Waals surface area contributed by atoms with Gasteiger partial charge in [0.05, 0.1) is 19.4 Å². The lowest BCUT2D eigenvalue weighted by molar-refractivity contribution is 0.122. The second kappa shape index (κ2) is 4.70. The molecule has 2 aliphatic heterocycles. The van der Waals surface area contributed by atoms with Crippen LogP contribution in [-0.4, -0.2) is 30.2 Å². The SMILES string of the molecule is CCOC(=O)N1C=CN2c3cc(OC)ccc3SC12. The van der Waals surface area contributed by atoms with Gasteiger partial charge in [0.15, 0.2) is 5.50 Å². The molecular formula is C13H14N2O3S. The summed E-state index contributed by atoms with van der Waals surface area (Å²) >= 11 is 1.62. The number of amides is 1. The molecule has 1 aromatic rings. The summed E-state index contributed by atoms with van der Waals surface area (Å²) in [5.41, 5.74) is 0.957. The Morgan fingerprint density at radius 2 is 2.26 bits per heavy atom. The molecule has 2 aliphatic rings. The Hall–Kier alpha value is -1.82. The Morgan fingerprint density at radius 3 is 3.00 bits per heavy atom. The second-order valence-electron chi connectivity index (χ2n) is 4.09. The van der Waals surface area contributed by atoms with Crippen molar-refractivity contribution in [2.45, 2.75) is 17.3 Å². The van der Waals surface area contributed by atoms with Crippen LogP contribution in [-0.2, 0) is 4.74 Å². The highest BCUT2D eigenvalue weighted by Crippen LogP contribution is 2.48. The molecule has 1 amide bonds. The Bertz CT molecular complexity index is 547. The first-order chi connectivity index (χ1) is 9.24. The molecular weight excluding hydrogens is 264 g/mol. The van der Waals surface area contributed by atoms with E-state index in [0.717, 1.165) is 16.3 Å². The molecule has 0 spiro atoms. The van der Waals surface area contributed by atoms with E-state index in [9.17, 15) is 4.79 Å². The fraction of sp³-hybridized carbons (Fsp3) is 0.308. The quantitative estimate of drug-likeness (QED) is 0.832. The Morgan fingerprint density at radius 1 is 1.42 bits per heavy atom. The minimum atomic E-state index is -0.321. The van der Waals surface area contributed by atoms with Crippen molar-refractivity contribution in [1.29, 1.82) is 0 Å². The lowest BCUT2D eigenvalue weighted by Gasteiger charge is -2.23. The van der Waals surface area contributed by atoms with E-state index in [-0.39, 0.29) is 11.6 Å². The van der Waals surface area contributed by atoms with Crippen LogP contribution in [0.3, 0.4) is 0 Å². The number of fused-ring (bicyclic) bond motifs is 3. The fourth-order valence-electron chi connectivity index (χ4n) is 2.13. The standard InChI is InChI=1S/C13H14N2O3S/c1-3-18-13(16)15-7-6-14-10-8-9(17-2)4-5-11(10)19-12(14)15/h4-8,12H,3H2,1-2H3. The summed E-state index contributed by atoms with van der Waals surface area (Å²) in [5.74, 6) is 0.808. The minimum Gasteiger partial charge on any atom is -0.497 e. The van der Waals surface area contributed by atoms with Crippen LogP contribution in [0.4, 0.5) is 10.5 Å². The van der Waals surface area contributed by atoms with Crippen molar-refractivity contribution in [2.24, 2.45) is 0 Å². The van der Waals surface area contributed by atoms with Crippen LogP contribution in [0.2, 0.25) is 0 Å². The van der Waals surface area contributed by atoms with Gasteiger partial charge >= 0.3 is 6.09 Å². The molecule has 0 fully saturated rings. The van der Waals surface area contributed by atoms with Crippen molar-refractivity contribution in [3.8, 4) is 5.75 Å². The number of ether oxygens (including phenoxy) is 2. The number of carbonyl (C=O) groups is 1. The smallest absolute Gasteiger partial charge is 0.416 e. The maximum absolute atomic E-state index is 11.8. The van der Waals surface area contributed by atoms with Crippen LogP contribution >= 0.6 is 11.8 Å². The van der Waals surface area contributed by atoms with Crippen LogP contribution in [0.25, 0.3) is 0 Å². The number of methoxy groups -OCH3 is 1. The number of thioether (sulfide) groups is 1. The molecule has 2 heterocycles. The van der Waals surface area contributed by atoms with Gasteiger partial charge in [-0.2, -0.15) is 0 Å². The molecule has 3 rings (SSSR count). The second-order valence-corrected chi connectivity index (χ2v) is 5.19. The summed E-state index contributed by atoms with van der Waals surface area (Å²) in [6.45, 7) is 2.18. The van der Waals surface area contributed by atoms with Gasteiger partial charge in [0.25, 0.3) is 0 Å². The van der Waals surface area contributed by atoms with Crippen LogP contribution in [0, 0.1) is 0 Å². The van der Waals surface area contributed by atoms with Crippen molar-refractivity contribution in [2.75, 3.05) is 18.6 Å². The summed E-state index contributed by atoms with van der Waals surface area (Å²) in [6, 6.07) is 5.90. The Kier molecular flexibility index (Phi) is 3.02. The van der Waals surface area contributed by atoms with E-state index in [4.69, 9.17) is 9.47 Å². The Labute approximate surface area is 115 Å². The molecule has 0 aliphatic carbocycles. The van der Waals surface area contributed by atoms with Gasteiger partial charge in [0.1, 0.15) is 5.75 Å². The number of carbonyl (C=O) groups excluding carboxylic acids is 1. The number of nitrogens with zero attached hydrogens (tertiary/aromatic N) is 2. The lowest BCUT2D eigenvalue weighted by atomic mass is 10.3. The van der Waals surface area contributed by atoms with Gasteiger partial charge in [-0.15, -0.1) is 0 Å². The van der Waals surface area contributed by atoms with Crippen molar-refractivity contribution in [3.63, 3.8) is 0 Å². The van der Waals surface area contributed by atoms with Gasteiger partial charge in [-0.1, -0.05) is 11.8 Å². The van der Waals surface area contributed by atoms with E-state index in [2.05, 4.69) is 0 Å². The zero-order valence-electron chi connectivity index (χ0n) is 10.7. The van der Waals surface area contributed by atoms with E-state index in [1.807, 2.05) is 29.3 Å². The molecule has 1 unspecified atom stereocenters. The van der Waals surface area contributed by atoms with E-state index in [1.54, 1.807) is 36.9 Å². The molecule has 0 saturated carbocycles. The minimum absolute atomic E-state index is 0.0962. The number of benzene rings is 1. The van der Waals surface area contributed by atoms with Gasteiger partial charge in [-0.05, 0) is 19.1 Å². The highest BCUT2D eigenvalue weighted by atomic mass is 32.2. The van der Waals surface area contributed by atoms with E-state index < -0.39 is 0 Å². The fourth-order valence-corrected chi connectivity index (χ4v) is 3.35. The maximum Gasteiger partial charge on any atom is 0.416 e. The third-order valence-electron chi connectivity index (χ3n) is 3.02. The predicted octanol–water partition coefficient (Wildman–Crippen LogP) is 2.83. The van der Waals surface area contributed by atoms with Crippen LogP contribution in [0.1, 0.15) is 6.92 Å². The third kappa shape index (κ3) is 1.92. The summed E-state index contributed by atoms with van der Waals surface area (Å²) < 4.78 is 10.3. The van der Waals surface area contributed by atoms with E-state index in [0.29, 0.717) is 6.61 Å². The molecule has 6 heteroatoms. The summed E-state index contributed by atoms with van der Waals surface area (Å²) in [4.78, 5) is 16.6. The van der Waals surface area contributed by atoms with E-state index in [1.165, 1.54) is 0 Å². The molecule has 19 heavy (non-hydrogen) atoms. The molecule has 1 aromatic carbocycles. The first-order valence-electron chi connectivity index (χ1n) is 6.01. The highest BCUT2D eigenvalue weighted by molar-refractivity contribution is 8.00. The molecule has 0 saturated heterocycles. The Balaban J connectivity index is 1.86. The molecule has 5 nitrogen and oxygen atoms in total. The average molecular weight is 278 g/mol.